The van der Waals surface area contributed by atoms with Crippen LogP contribution in [0.1, 0.15) is 19.3 Å². The molecule has 0 spiro atoms. The van der Waals surface area contributed by atoms with Crippen LogP contribution in [0.5, 0.6) is 0 Å². The van der Waals surface area contributed by atoms with E-state index < -0.39 is 42.1 Å². The van der Waals surface area contributed by atoms with Crippen molar-refractivity contribution in [1.29, 1.82) is 0 Å². The summed E-state index contributed by atoms with van der Waals surface area (Å²) in [4.78, 5) is 22.0. The third kappa shape index (κ3) is 3.34. The van der Waals surface area contributed by atoms with Gasteiger partial charge in [0.05, 0.1) is 5.41 Å². The molecular weight excluding hydrogens is 296 g/mol. The van der Waals surface area contributed by atoms with E-state index in [0.29, 0.717) is 6.42 Å². The zero-order valence-electron chi connectivity index (χ0n) is 9.94. The highest BCUT2D eigenvalue weighted by Gasteiger charge is 2.61. The van der Waals surface area contributed by atoms with E-state index in [4.69, 9.17) is 5.11 Å². The quantitative estimate of drug-likeness (QED) is 0.782. The number of alkyl halides is 6. The van der Waals surface area contributed by atoms with Crippen LogP contribution < -0.4 is 5.32 Å². The van der Waals surface area contributed by atoms with E-state index in [2.05, 4.69) is 0 Å². The van der Waals surface area contributed by atoms with Crippen molar-refractivity contribution >= 4 is 11.9 Å². The molecule has 0 heterocycles. The monoisotopic (exact) mass is 307 g/mol. The second-order valence-corrected chi connectivity index (χ2v) is 4.67. The van der Waals surface area contributed by atoms with Crippen LogP contribution in [0.4, 0.5) is 26.3 Å². The molecule has 0 radical (unpaired) electrons. The van der Waals surface area contributed by atoms with Gasteiger partial charge in [0.1, 0.15) is 0 Å². The van der Waals surface area contributed by atoms with Gasteiger partial charge in [0.25, 0.3) is 0 Å². The lowest BCUT2D eigenvalue weighted by Gasteiger charge is -2.38. The zero-order chi connectivity index (χ0) is 15.8. The summed E-state index contributed by atoms with van der Waals surface area (Å²) in [6.45, 7) is -0.746. The molecule has 116 valence electrons. The number of aliphatic carboxylic acids is 1. The number of carbonyl (C=O) groups is 2. The summed E-state index contributed by atoms with van der Waals surface area (Å²) >= 11 is 0. The molecule has 4 nitrogen and oxygen atoms in total. The smallest absolute Gasteiger partial charge is 0.409 e. The first-order valence-corrected chi connectivity index (χ1v) is 5.55. The van der Waals surface area contributed by atoms with E-state index in [1.807, 2.05) is 0 Å². The van der Waals surface area contributed by atoms with Crippen molar-refractivity contribution in [1.82, 2.24) is 5.32 Å². The molecule has 0 aromatic heterocycles. The fourth-order valence-corrected chi connectivity index (χ4v) is 1.91. The molecule has 0 unspecified atom stereocenters. The molecule has 20 heavy (non-hydrogen) atoms. The normalized spacial score (nSPS) is 18.6. The first-order chi connectivity index (χ1) is 8.90. The van der Waals surface area contributed by atoms with Crippen LogP contribution in [0.2, 0.25) is 0 Å². The van der Waals surface area contributed by atoms with Gasteiger partial charge in [0.2, 0.25) is 11.8 Å². The fraction of sp³-hybridized carbons (Fsp3) is 0.800. The van der Waals surface area contributed by atoms with Crippen LogP contribution in [-0.2, 0) is 9.59 Å². The molecule has 0 atom stereocenters. The number of carboxylic acids is 1. The van der Waals surface area contributed by atoms with Crippen molar-refractivity contribution in [3.63, 3.8) is 0 Å². The Kier molecular flexibility index (Phi) is 4.25. The Morgan fingerprint density at radius 3 is 1.80 bits per heavy atom. The first kappa shape index (κ1) is 16.6. The van der Waals surface area contributed by atoms with E-state index >= 15 is 0 Å². The van der Waals surface area contributed by atoms with Crippen LogP contribution in [-0.4, -0.2) is 35.9 Å². The highest BCUT2D eigenvalue weighted by Crippen LogP contribution is 2.42. The Hall–Kier alpha value is -1.48. The maximum atomic E-state index is 12.2. The van der Waals surface area contributed by atoms with Crippen LogP contribution >= 0.6 is 0 Å². The molecule has 0 saturated heterocycles. The molecule has 0 bridgehead atoms. The van der Waals surface area contributed by atoms with Crippen LogP contribution in [0.25, 0.3) is 0 Å². The maximum absolute atomic E-state index is 12.2. The van der Waals surface area contributed by atoms with Crippen molar-refractivity contribution in [2.45, 2.75) is 31.6 Å². The van der Waals surface area contributed by atoms with Gasteiger partial charge in [-0.15, -0.1) is 0 Å². The molecule has 1 saturated carbocycles. The number of amides is 1. The number of nitrogens with one attached hydrogen (secondary N) is 1. The summed E-state index contributed by atoms with van der Waals surface area (Å²) in [5.41, 5.74) is -1.46. The van der Waals surface area contributed by atoms with Crippen LogP contribution in [0.3, 0.4) is 0 Å². The second kappa shape index (κ2) is 5.13. The van der Waals surface area contributed by atoms with Gasteiger partial charge in [0, 0.05) is 6.54 Å². The lowest BCUT2D eigenvalue weighted by atomic mass is 9.68. The third-order valence-corrected chi connectivity index (χ3v) is 3.28. The molecule has 1 aliphatic carbocycles. The number of carboxylic acid groups (broad SMARTS) is 1. The van der Waals surface area contributed by atoms with Gasteiger partial charge in [-0.2, -0.15) is 26.3 Å². The van der Waals surface area contributed by atoms with Gasteiger partial charge in [-0.05, 0) is 12.8 Å². The number of rotatable bonds is 4. The molecular formula is C10H11F6NO3. The van der Waals surface area contributed by atoms with Crippen molar-refractivity contribution in [3.05, 3.63) is 0 Å². The summed E-state index contributed by atoms with van der Waals surface area (Å²) in [6, 6.07) is 0. The lowest BCUT2D eigenvalue weighted by molar-refractivity contribution is -0.274. The summed E-state index contributed by atoms with van der Waals surface area (Å²) in [5, 5.41) is 10.3. The number of hydrogen-bond donors (Lipinski definition) is 2. The molecule has 1 fully saturated rings. The van der Waals surface area contributed by atoms with E-state index in [0.717, 1.165) is 0 Å². The van der Waals surface area contributed by atoms with Gasteiger partial charge in [-0.25, -0.2) is 0 Å². The van der Waals surface area contributed by atoms with Gasteiger partial charge in [0.15, 0.2) is 0 Å². The molecule has 0 aromatic carbocycles. The lowest BCUT2D eigenvalue weighted by Crippen LogP contribution is -2.53. The molecule has 10 heteroatoms. The second-order valence-electron chi connectivity index (χ2n) is 4.67. The minimum absolute atomic E-state index is 0.102. The van der Waals surface area contributed by atoms with Gasteiger partial charge in [-0.1, -0.05) is 6.42 Å². The van der Waals surface area contributed by atoms with Crippen LogP contribution in [0.15, 0.2) is 0 Å². The average Bonchev–Trinajstić information content (AvgIpc) is 2.09. The van der Waals surface area contributed by atoms with E-state index in [1.165, 1.54) is 5.32 Å². The zero-order valence-corrected chi connectivity index (χ0v) is 9.94. The highest BCUT2D eigenvalue weighted by molar-refractivity contribution is 5.82. The van der Waals surface area contributed by atoms with Crippen molar-refractivity contribution in [2.75, 3.05) is 6.54 Å². The predicted octanol–water partition coefficient (Wildman–Crippen LogP) is 2.10. The Morgan fingerprint density at radius 1 is 1.10 bits per heavy atom. The number of halogens is 6. The van der Waals surface area contributed by atoms with Gasteiger partial charge < -0.3 is 10.4 Å². The minimum Gasteiger partial charge on any atom is -0.481 e. The largest absolute Gasteiger partial charge is 0.481 e. The maximum Gasteiger partial charge on any atom is 0.409 e. The highest BCUT2D eigenvalue weighted by atomic mass is 19.4. The molecule has 0 aliphatic heterocycles. The topological polar surface area (TPSA) is 66.4 Å². The Labute approximate surface area is 109 Å². The van der Waals surface area contributed by atoms with Crippen LogP contribution in [0, 0.1) is 11.3 Å². The van der Waals surface area contributed by atoms with Crippen molar-refractivity contribution in [2.24, 2.45) is 11.3 Å². The summed E-state index contributed by atoms with van der Waals surface area (Å²) in [7, 11) is 0. The standard InChI is InChI=1S/C10H11F6NO3/c11-9(12,13)5(10(14,15)16)6(18)17-4-8(7(19)20)2-1-3-8/h5H,1-4H2,(H,17,18)(H,19,20). The first-order valence-electron chi connectivity index (χ1n) is 5.55. The molecule has 1 aliphatic rings. The number of carbonyl (C=O) groups excluding carboxylic acids is 1. The molecule has 0 aromatic rings. The van der Waals surface area contributed by atoms with E-state index in [9.17, 15) is 35.9 Å². The molecule has 1 amide bonds. The summed E-state index contributed by atoms with van der Waals surface area (Å²) in [5.74, 6) is -7.78. The average molecular weight is 307 g/mol. The Balaban J connectivity index is 2.76. The van der Waals surface area contributed by atoms with Gasteiger partial charge in [-0.3, -0.25) is 9.59 Å². The van der Waals surface area contributed by atoms with Crippen molar-refractivity contribution < 1.29 is 41.0 Å². The predicted molar refractivity (Wildman–Crippen MR) is 52.5 cm³/mol. The Bertz CT molecular complexity index is 385. The van der Waals surface area contributed by atoms with E-state index in [1.54, 1.807) is 0 Å². The minimum atomic E-state index is -5.78. The third-order valence-electron chi connectivity index (χ3n) is 3.28. The van der Waals surface area contributed by atoms with Crippen molar-refractivity contribution in [3.8, 4) is 0 Å². The Morgan fingerprint density at radius 2 is 1.55 bits per heavy atom. The fourth-order valence-electron chi connectivity index (χ4n) is 1.91. The molecule has 2 N–H and O–H groups in total. The molecule has 1 rings (SSSR count). The van der Waals surface area contributed by atoms with E-state index in [-0.39, 0.29) is 12.8 Å². The van der Waals surface area contributed by atoms with Gasteiger partial charge >= 0.3 is 18.3 Å². The summed E-state index contributed by atoms with van der Waals surface area (Å²) < 4.78 is 73.5. The SMILES string of the molecule is O=C(NCC1(C(=O)O)CCC1)C(C(F)(F)F)C(F)(F)F. The summed E-state index contributed by atoms with van der Waals surface area (Å²) in [6.07, 6.45) is -10.9. The number of hydrogen-bond acceptors (Lipinski definition) is 2.